The number of rotatable bonds is 20. The van der Waals surface area contributed by atoms with Crippen molar-refractivity contribution in [3.05, 3.63) is 0 Å². The average molecular weight is 1030 g/mol. The van der Waals surface area contributed by atoms with Crippen LogP contribution in [0, 0.1) is 0 Å². The topological polar surface area (TPSA) is 418 Å². The molecule has 0 radical (unpaired) electrons. The zero-order valence-electron chi connectivity index (χ0n) is 42.1. The van der Waals surface area contributed by atoms with Crippen molar-refractivity contribution in [3.8, 4) is 0 Å². The molecule has 16 N–H and O–H groups in total. The van der Waals surface area contributed by atoms with Crippen molar-refractivity contribution in [1.29, 1.82) is 0 Å². The predicted octanol–water partition coefficient (Wildman–Crippen LogP) is -3.96. The van der Waals surface area contributed by atoms with Crippen LogP contribution in [0.1, 0.15) is 137 Å². The highest BCUT2D eigenvalue weighted by Gasteiger charge is 2.35. The number of ether oxygens (including phenoxy) is 1. The number of nitrogens with one attached hydrogen (secondary N) is 9. The summed E-state index contributed by atoms with van der Waals surface area (Å²) in [4.78, 5) is 143. The van der Waals surface area contributed by atoms with Crippen LogP contribution in [-0.4, -0.2) is 168 Å². The number of unbranched alkanes of at least 4 members (excludes halogenated alkanes) is 10. The molecule has 1 aliphatic rings. The Morgan fingerprint density at radius 3 is 1.71 bits per heavy atom. The smallest absolute Gasteiger partial charge is 0.325 e. The number of carbonyl (C=O) groups excluding carboxylic acids is 11. The molecule has 0 saturated carbocycles. The Morgan fingerprint density at radius 2 is 1.15 bits per heavy atom. The third-order valence-electron chi connectivity index (χ3n) is 11.4. The van der Waals surface area contributed by atoms with E-state index in [0.717, 1.165) is 46.0 Å². The normalized spacial score (nSPS) is 24.6. The van der Waals surface area contributed by atoms with E-state index in [1.165, 1.54) is 39.0 Å². The van der Waals surface area contributed by atoms with Crippen LogP contribution in [0.15, 0.2) is 0 Å². The highest BCUT2D eigenvalue weighted by Crippen LogP contribution is 2.15. The molecule has 0 aromatic heterocycles. The SMILES string of the molecule is CCCCCCCCCCCCCC1CC(=O)NC(C)C(=O)NC(CCCN)C(=O)NCCC(=O)NC(CO)C(=O)NC(C(C)O)C(=O)NC(CC(N)=O)C(=O)NC(C(C)O)C(=O)NCC(=O)NCC(=O)O1. The molecule has 0 spiro atoms. The molecule has 1 rings (SSSR count). The van der Waals surface area contributed by atoms with Gasteiger partial charge in [-0.3, -0.25) is 52.7 Å². The number of primary amides is 1. The van der Waals surface area contributed by atoms with Gasteiger partial charge in [0.2, 0.25) is 59.1 Å². The Labute approximate surface area is 420 Å². The predicted molar refractivity (Wildman–Crippen MR) is 259 cm³/mol. The van der Waals surface area contributed by atoms with Crippen molar-refractivity contribution >= 4 is 65.0 Å². The Morgan fingerprint density at radius 1 is 0.597 bits per heavy atom. The molecular formula is C46H81N11O15. The minimum Gasteiger partial charge on any atom is -0.461 e. The third-order valence-corrected chi connectivity index (χ3v) is 11.4. The fraction of sp³-hybridized carbons (Fsp3) is 0.761. The summed E-state index contributed by atoms with van der Waals surface area (Å²) >= 11 is 0. The number of hydrogen-bond acceptors (Lipinski definition) is 16. The largest absolute Gasteiger partial charge is 0.461 e. The van der Waals surface area contributed by atoms with E-state index < -0.39 is 152 Å². The zero-order valence-corrected chi connectivity index (χ0v) is 42.1. The Balaban J connectivity index is 3.39. The first kappa shape index (κ1) is 64.0. The highest BCUT2D eigenvalue weighted by molar-refractivity contribution is 5.98. The highest BCUT2D eigenvalue weighted by atomic mass is 16.5. The van der Waals surface area contributed by atoms with Crippen LogP contribution in [0.4, 0.5) is 0 Å². The number of nitrogens with two attached hydrogens (primary N) is 2. The van der Waals surface area contributed by atoms with Crippen LogP contribution in [0.2, 0.25) is 0 Å². The van der Waals surface area contributed by atoms with Crippen LogP contribution >= 0.6 is 0 Å². The van der Waals surface area contributed by atoms with Crippen LogP contribution in [0.25, 0.3) is 0 Å². The minimum atomic E-state index is -1.89. The lowest BCUT2D eigenvalue weighted by Gasteiger charge is -2.27. The van der Waals surface area contributed by atoms with Gasteiger partial charge in [-0.25, -0.2) is 0 Å². The van der Waals surface area contributed by atoms with Crippen molar-refractivity contribution in [1.82, 2.24) is 47.9 Å². The van der Waals surface area contributed by atoms with Gasteiger partial charge >= 0.3 is 5.97 Å². The molecule has 0 aromatic carbocycles. The molecule has 1 fully saturated rings. The van der Waals surface area contributed by atoms with Gasteiger partial charge in [-0.05, 0) is 53.0 Å². The van der Waals surface area contributed by atoms with Crippen LogP contribution in [-0.2, 0) is 57.5 Å². The Hall–Kier alpha value is -5.99. The maximum atomic E-state index is 13.4. The summed E-state index contributed by atoms with van der Waals surface area (Å²) in [5, 5.41) is 51.5. The monoisotopic (exact) mass is 1030 g/mol. The lowest BCUT2D eigenvalue weighted by Crippen LogP contribution is -2.62. The first-order valence-corrected chi connectivity index (χ1v) is 24.9. The van der Waals surface area contributed by atoms with E-state index in [2.05, 4.69) is 54.8 Å². The fourth-order valence-electron chi connectivity index (χ4n) is 7.31. The van der Waals surface area contributed by atoms with E-state index in [1.807, 2.05) is 0 Å². The summed E-state index contributed by atoms with van der Waals surface area (Å²) in [5.74, 6) is -10.8. The molecule has 410 valence electrons. The van der Waals surface area contributed by atoms with Gasteiger partial charge in [-0.15, -0.1) is 0 Å². The number of cyclic esters (lactones) is 1. The molecule has 1 heterocycles. The van der Waals surface area contributed by atoms with Gasteiger partial charge < -0.3 is 79.4 Å². The van der Waals surface area contributed by atoms with Crippen molar-refractivity contribution in [2.45, 2.75) is 191 Å². The first-order valence-electron chi connectivity index (χ1n) is 24.9. The third kappa shape index (κ3) is 27.0. The lowest BCUT2D eigenvalue weighted by molar-refractivity contribution is -0.151. The van der Waals surface area contributed by atoms with Crippen molar-refractivity contribution in [3.63, 3.8) is 0 Å². The van der Waals surface area contributed by atoms with Crippen molar-refractivity contribution in [2.24, 2.45) is 11.5 Å². The lowest BCUT2D eigenvalue weighted by atomic mass is 10.0. The van der Waals surface area contributed by atoms with E-state index in [1.54, 1.807) is 0 Å². The Kier molecular flexibility index (Phi) is 32.0. The minimum absolute atomic E-state index is 0.0714. The van der Waals surface area contributed by atoms with E-state index in [0.29, 0.717) is 12.8 Å². The van der Waals surface area contributed by atoms with Gasteiger partial charge in [-0.1, -0.05) is 71.1 Å². The van der Waals surface area contributed by atoms with E-state index >= 15 is 0 Å². The molecule has 0 aliphatic carbocycles. The standard InChI is InChI=1S/C46H81N11O15/c1-5-6-7-8-9-10-11-12-13-14-15-17-30-22-36(63)52-27(2)41(66)54-31(18-16-20-47)42(67)49-21-19-35(62)53-33(26-58)44(69)57-40(29(4)60)46(71)55-32(23-34(48)61)43(68)56-39(28(3)59)45(70)51-24-37(64)50-25-38(65)72-30/h27-33,39-40,58-60H,5-26,47H2,1-4H3,(H2,48,61)(H,49,67)(H,50,64)(H,51,70)(H,52,63)(H,53,62)(H,54,66)(H,55,71)(H,56,68)(H,57,69). The molecule has 26 nitrogen and oxygen atoms in total. The van der Waals surface area contributed by atoms with Crippen molar-refractivity contribution < 1.29 is 72.8 Å². The van der Waals surface area contributed by atoms with Gasteiger partial charge in [0.05, 0.1) is 38.2 Å². The van der Waals surface area contributed by atoms with Crippen molar-refractivity contribution in [2.75, 3.05) is 32.8 Å². The Bertz CT molecular complexity index is 1790. The van der Waals surface area contributed by atoms with Gasteiger partial charge in [0, 0.05) is 13.0 Å². The second kappa shape index (κ2) is 36.0. The van der Waals surface area contributed by atoms with Crippen LogP contribution in [0.5, 0.6) is 0 Å². The molecule has 9 atom stereocenters. The molecule has 72 heavy (non-hydrogen) atoms. The summed E-state index contributed by atoms with van der Waals surface area (Å²) in [6.45, 7) is 3.07. The summed E-state index contributed by atoms with van der Waals surface area (Å²) in [5.41, 5.74) is 11.0. The number of amides is 10. The summed E-state index contributed by atoms with van der Waals surface area (Å²) < 4.78 is 5.59. The zero-order chi connectivity index (χ0) is 54.2. The number of hydrogen-bond donors (Lipinski definition) is 14. The van der Waals surface area contributed by atoms with E-state index in [9.17, 15) is 68.1 Å². The van der Waals surface area contributed by atoms with Crippen LogP contribution in [0.3, 0.4) is 0 Å². The fourth-order valence-corrected chi connectivity index (χ4v) is 7.31. The summed E-state index contributed by atoms with van der Waals surface area (Å²) in [7, 11) is 0. The first-order chi connectivity index (χ1) is 34.1. The molecule has 1 aliphatic heterocycles. The summed E-state index contributed by atoms with van der Waals surface area (Å²) in [6, 6.07) is -9.62. The second-order valence-electron chi connectivity index (χ2n) is 17.9. The molecule has 0 aromatic rings. The maximum Gasteiger partial charge on any atom is 0.325 e. The molecule has 0 bridgehead atoms. The second-order valence-corrected chi connectivity index (χ2v) is 17.9. The number of aliphatic hydroxyl groups is 3. The van der Waals surface area contributed by atoms with Gasteiger partial charge in [-0.2, -0.15) is 0 Å². The van der Waals surface area contributed by atoms with Gasteiger partial charge in [0.1, 0.15) is 48.9 Å². The van der Waals surface area contributed by atoms with Gasteiger partial charge in [0.15, 0.2) is 0 Å². The average Bonchev–Trinajstić information content (AvgIpc) is 3.31. The molecular weight excluding hydrogens is 947 g/mol. The maximum absolute atomic E-state index is 13.4. The number of carbonyl (C=O) groups is 11. The van der Waals surface area contributed by atoms with E-state index in [4.69, 9.17) is 16.2 Å². The van der Waals surface area contributed by atoms with Crippen LogP contribution < -0.4 is 59.3 Å². The number of esters is 1. The molecule has 1 saturated heterocycles. The molecule has 26 heteroatoms. The van der Waals surface area contributed by atoms with Gasteiger partial charge in [0.25, 0.3) is 0 Å². The number of aliphatic hydroxyl groups excluding tert-OH is 3. The molecule has 10 amide bonds. The quantitative estimate of drug-likeness (QED) is 0.0409. The summed E-state index contributed by atoms with van der Waals surface area (Å²) in [6.07, 6.45) is 6.19. The van der Waals surface area contributed by atoms with E-state index in [-0.39, 0.29) is 32.4 Å². The molecule has 9 unspecified atom stereocenters.